The summed E-state index contributed by atoms with van der Waals surface area (Å²) >= 11 is 6.05. The summed E-state index contributed by atoms with van der Waals surface area (Å²) in [7, 11) is 1.58. The monoisotopic (exact) mass is 299 g/mol. The Hall–Kier alpha value is -1.75. The summed E-state index contributed by atoms with van der Waals surface area (Å²) in [4.78, 5) is 23.9. The minimum absolute atomic E-state index is 0.0733. The van der Waals surface area contributed by atoms with Gasteiger partial charge in [0.05, 0.1) is 24.5 Å². The molecule has 1 aromatic rings. The predicted molar refractivity (Wildman–Crippen MR) is 76.2 cm³/mol. The highest BCUT2D eigenvalue weighted by molar-refractivity contribution is 6.32. The number of aliphatic carboxylic acids is 1. The van der Waals surface area contributed by atoms with Gasteiger partial charge in [0.2, 0.25) is 5.91 Å². The lowest BCUT2D eigenvalue weighted by atomic mass is 10.1. The van der Waals surface area contributed by atoms with Crippen LogP contribution in [0.15, 0.2) is 18.2 Å². The second kappa shape index (κ2) is 7.75. The fourth-order valence-corrected chi connectivity index (χ4v) is 1.93. The Bertz CT molecular complexity index is 490. The van der Waals surface area contributed by atoms with Crippen molar-refractivity contribution in [1.29, 1.82) is 0 Å². The normalized spacial score (nSPS) is 10.2. The lowest BCUT2D eigenvalue weighted by Gasteiger charge is -2.17. The molecule has 0 heterocycles. The number of halogens is 1. The standard InChI is InChI=1S/C14H18ClNO4/c1-3-20-14-10(5-4-6-11(14)15)9-12(17)16(2)8-7-13(18)19/h4-6H,3,7-9H2,1-2H3,(H,18,19). The van der Waals surface area contributed by atoms with Gasteiger partial charge in [0.15, 0.2) is 0 Å². The zero-order chi connectivity index (χ0) is 15.1. The van der Waals surface area contributed by atoms with Gasteiger partial charge in [0.1, 0.15) is 5.75 Å². The summed E-state index contributed by atoms with van der Waals surface area (Å²) in [5.74, 6) is -0.589. The SMILES string of the molecule is CCOc1c(Cl)cccc1CC(=O)N(C)CCC(=O)O. The maximum atomic E-state index is 12.0. The van der Waals surface area contributed by atoms with Gasteiger partial charge in [-0.1, -0.05) is 23.7 Å². The van der Waals surface area contributed by atoms with E-state index < -0.39 is 5.97 Å². The molecule has 6 heteroatoms. The van der Waals surface area contributed by atoms with Gasteiger partial charge in [-0.3, -0.25) is 9.59 Å². The predicted octanol–water partition coefficient (Wildman–Crippen LogP) is 2.21. The molecule has 0 saturated carbocycles. The summed E-state index contributed by atoms with van der Waals surface area (Å²) in [5.41, 5.74) is 0.700. The van der Waals surface area contributed by atoms with Crippen LogP contribution in [0.25, 0.3) is 0 Å². The topological polar surface area (TPSA) is 66.8 Å². The maximum absolute atomic E-state index is 12.0. The van der Waals surface area contributed by atoms with E-state index in [0.29, 0.717) is 22.9 Å². The van der Waals surface area contributed by atoms with Crippen LogP contribution >= 0.6 is 11.6 Å². The number of benzene rings is 1. The molecule has 0 spiro atoms. The van der Waals surface area contributed by atoms with Crippen LogP contribution in [-0.4, -0.2) is 42.1 Å². The van der Waals surface area contributed by atoms with Crippen LogP contribution in [0.3, 0.4) is 0 Å². The lowest BCUT2D eigenvalue weighted by molar-refractivity contribution is -0.138. The molecule has 0 unspecified atom stereocenters. The molecule has 0 aliphatic heterocycles. The third kappa shape index (κ3) is 4.74. The molecule has 0 fully saturated rings. The van der Waals surface area contributed by atoms with Gasteiger partial charge in [0, 0.05) is 19.2 Å². The van der Waals surface area contributed by atoms with Crippen LogP contribution in [-0.2, 0) is 16.0 Å². The number of carbonyl (C=O) groups is 2. The Balaban J connectivity index is 2.74. The van der Waals surface area contributed by atoms with Crippen LogP contribution in [0.2, 0.25) is 5.02 Å². The lowest BCUT2D eigenvalue weighted by Crippen LogP contribution is -2.30. The fraction of sp³-hybridized carbons (Fsp3) is 0.429. The number of nitrogens with zero attached hydrogens (tertiary/aromatic N) is 1. The Labute approximate surface area is 123 Å². The molecule has 0 aliphatic carbocycles. The molecule has 110 valence electrons. The van der Waals surface area contributed by atoms with Crippen LogP contribution in [0.1, 0.15) is 18.9 Å². The van der Waals surface area contributed by atoms with Crippen molar-refractivity contribution in [1.82, 2.24) is 4.90 Å². The summed E-state index contributed by atoms with van der Waals surface area (Å²) < 4.78 is 5.45. The van der Waals surface area contributed by atoms with Gasteiger partial charge in [-0.25, -0.2) is 0 Å². The van der Waals surface area contributed by atoms with Crippen LogP contribution in [0.5, 0.6) is 5.75 Å². The number of hydrogen-bond donors (Lipinski definition) is 1. The number of ether oxygens (including phenoxy) is 1. The molecule has 20 heavy (non-hydrogen) atoms. The van der Waals surface area contributed by atoms with E-state index in [2.05, 4.69) is 0 Å². The van der Waals surface area contributed by atoms with E-state index in [-0.39, 0.29) is 25.3 Å². The molecule has 1 N–H and O–H groups in total. The molecular formula is C14H18ClNO4. The first-order valence-corrected chi connectivity index (χ1v) is 6.69. The fourth-order valence-electron chi connectivity index (χ4n) is 1.68. The molecule has 0 aromatic heterocycles. The Morgan fingerprint density at radius 3 is 2.70 bits per heavy atom. The van der Waals surface area contributed by atoms with Crippen molar-refractivity contribution in [3.8, 4) is 5.75 Å². The molecule has 0 bridgehead atoms. The van der Waals surface area contributed by atoms with Crippen LogP contribution in [0, 0.1) is 0 Å². The summed E-state index contributed by atoms with van der Waals surface area (Å²) in [6, 6.07) is 5.24. The number of amides is 1. The number of carbonyl (C=O) groups excluding carboxylic acids is 1. The van der Waals surface area contributed by atoms with Gasteiger partial charge in [-0.15, -0.1) is 0 Å². The maximum Gasteiger partial charge on any atom is 0.305 e. The van der Waals surface area contributed by atoms with Crippen molar-refractivity contribution < 1.29 is 19.4 Å². The van der Waals surface area contributed by atoms with E-state index in [1.807, 2.05) is 6.92 Å². The number of carboxylic acid groups (broad SMARTS) is 1. The second-order valence-corrected chi connectivity index (χ2v) is 4.70. The highest BCUT2D eigenvalue weighted by atomic mass is 35.5. The van der Waals surface area contributed by atoms with Crippen LogP contribution < -0.4 is 4.74 Å². The Morgan fingerprint density at radius 2 is 2.10 bits per heavy atom. The minimum Gasteiger partial charge on any atom is -0.492 e. The molecule has 0 aliphatic rings. The number of para-hydroxylation sites is 1. The van der Waals surface area contributed by atoms with Crippen molar-refractivity contribution in [2.24, 2.45) is 0 Å². The Kier molecular flexibility index (Phi) is 6.31. The number of hydrogen-bond acceptors (Lipinski definition) is 3. The highest BCUT2D eigenvalue weighted by Gasteiger charge is 2.15. The van der Waals surface area contributed by atoms with Gasteiger partial charge in [0.25, 0.3) is 0 Å². The second-order valence-electron chi connectivity index (χ2n) is 4.30. The summed E-state index contributed by atoms with van der Waals surface area (Å²) in [5, 5.41) is 9.07. The van der Waals surface area contributed by atoms with E-state index >= 15 is 0 Å². The van der Waals surface area contributed by atoms with Crippen molar-refractivity contribution in [3.05, 3.63) is 28.8 Å². The average molecular weight is 300 g/mol. The van der Waals surface area contributed by atoms with Crippen molar-refractivity contribution in [3.63, 3.8) is 0 Å². The van der Waals surface area contributed by atoms with E-state index in [0.717, 1.165) is 0 Å². The van der Waals surface area contributed by atoms with E-state index in [4.69, 9.17) is 21.4 Å². The third-order valence-electron chi connectivity index (χ3n) is 2.77. The van der Waals surface area contributed by atoms with E-state index in [1.165, 1.54) is 4.90 Å². The largest absolute Gasteiger partial charge is 0.492 e. The van der Waals surface area contributed by atoms with Gasteiger partial charge >= 0.3 is 5.97 Å². The number of rotatable bonds is 7. The van der Waals surface area contributed by atoms with Crippen molar-refractivity contribution in [2.45, 2.75) is 19.8 Å². The zero-order valence-electron chi connectivity index (χ0n) is 11.6. The molecule has 1 rings (SSSR count). The van der Waals surface area contributed by atoms with E-state index in [9.17, 15) is 9.59 Å². The molecule has 5 nitrogen and oxygen atoms in total. The molecule has 1 amide bonds. The molecule has 0 radical (unpaired) electrons. The number of likely N-dealkylation sites (N-methyl/N-ethyl adjacent to an activating group) is 1. The van der Waals surface area contributed by atoms with Gasteiger partial charge in [-0.2, -0.15) is 0 Å². The highest BCUT2D eigenvalue weighted by Crippen LogP contribution is 2.29. The van der Waals surface area contributed by atoms with Gasteiger partial charge in [-0.05, 0) is 13.0 Å². The third-order valence-corrected chi connectivity index (χ3v) is 3.06. The summed E-state index contributed by atoms with van der Waals surface area (Å²) in [6.07, 6.45) is 0.0577. The van der Waals surface area contributed by atoms with Crippen LogP contribution in [0.4, 0.5) is 0 Å². The molecule has 0 saturated heterocycles. The van der Waals surface area contributed by atoms with Gasteiger partial charge < -0.3 is 14.7 Å². The quantitative estimate of drug-likeness (QED) is 0.838. The smallest absolute Gasteiger partial charge is 0.305 e. The minimum atomic E-state index is -0.928. The molecular weight excluding hydrogens is 282 g/mol. The first kappa shape index (κ1) is 16.3. The average Bonchev–Trinajstić information content (AvgIpc) is 2.39. The molecule has 1 aromatic carbocycles. The van der Waals surface area contributed by atoms with E-state index in [1.54, 1.807) is 25.2 Å². The first-order valence-electron chi connectivity index (χ1n) is 6.31. The zero-order valence-corrected chi connectivity index (χ0v) is 12.3. The first-order chi connectivity index (χ1) is 9.45. The van der Waals surface area contributed by atoms with Crippen molar-refractivity contribution >= 4 is 23.5 Å². The number of carboxylic acids is 1. The summed E-state index contributed by atoms with van der Waals surface area (Å²) in [6.45, 7) is 2.48. The Morgan fingerprint density at radius 1 is 1.40 bits per heavy atom. The van der Waals surface area contributed by atoms with Crippen molar-refractivity contribution in [2.75, 3.05) is 20.2 Å². The molecule has 0 atom stereocenters.